The molecule has 3 aromatic carbocycles. The standard InChI is InChI=1S/C36H44N2O10Si/c1-20-32(49(3,4)24-14-12-23(46-2)13-15-24)27(16-17-39)48-36(20)25-10-5-6-11-26(25)38(35(36)45)19-21-8-7-9-22(18-21)37-33(43)31-29(41)28(40)30(42)34(44)47-31/h5-15,18,20,27-32,34,39-42,44H,16-17,19H2,1-4H3,(H,37,43)/t20-,27+,28+,29+,30-,31+,32-,34-,36+/m1/s1. The van der Waals surface area contributed by atoms with Crippen LogP contribution in [0.2, 0.25) is 18.6 Å². The number of hydrogen-bond donors (Lipinski definition) is 6. The van der Waals surface area contributed by atoms with E-state index in [1.54, 1.807) is 30.2 Å². The van der Waals surface area contributed by atoms with E-state index in [-0.39, 0.29) is 36.6 Å². The van der Waals surface area contributed by atoms with E-state index in [9.17, 15) is 35.1 Å². The topological polar surface area (TPSA) is 178 Å². The molecule has 12 nitrogen and oxygen atoms in total. The van der Waals surface area contributed by atoms with Crippen molar-refractivity contribution in [3.63, 3.8) is 0 Å². The summed E-state index contributed by atoms with van der Waals surface area (Å²) in [5, 5.41) is 53.9. The number of para-hydroxylation sites is 1. The lowest BCUT2D eigenvalue weighted by molar-refractivity contribution is -0.274. The van der Waals surface area contributed by atoms with Crippen molar-refractivity contribution in [2.45, 2.75) is 80.9 Å². The number of aliphatic hydroxyl groups is 5. The number of rotatable bonds is 9. The first-order valence-corrected chi connectivity index (χ1v) is 19.5. The van der Waals surface area contributed by atoms with Crippen molar-refractivity contribution in [3.8, 4) is 5.75 Å². The molecule has 3 aromatic rings. The molecule has 6 N–H and O–H groups in total. The number of carbonyl (C=O) groups excluding carboxylic acids is 2. The quantitative estimate of drug-likeness (QED) is 0.181. The zero-order chi connectivity index (χ0) is 35.2. The van der Waals surface area contributed by atoms with Crippen LogP contribution in [0, 0.1) is 5.92 Å². The number of carbonyl (C=O) groups is 2. The summed E-state index contributed by atoms with van der Waals surface area (Å²) in [5.41, 5.74) is 1.28. The van der Waals surface area contributed by atoms with Crippen molar-refractivity contribution in [1.82, 2.24) is 0 Å². The van der Waals surface area contributed by atoms with Crippen LogP contribution in [0.5, 0.6) is 5.75 Å². The van der Waals surface area contributed by atoms with Gasteiger partial charge >= 0.3 is 0 Å². The summed E-state index contributed by atoms with van der Waals surface area (Å²) < 4.78 is 17.4. The number of aliphatic hydroxyl groups excluding tert-OH is 5. The zero-order valence-electron chi connectivity index (χ0n) is 27.9. The molecule has 13 heteroatoms. The average Bonchev–Trinajstić information content (AvgIpc) is 3.52. The smallest absolute Gasteiger partial charge is 0.264 e. The summed E-state index contributed by atoms with van der Waals surface area (Å²) in [5.74, 6) is -0.470. The molecule has 0 aromatic heterocycles. The first kappa shape index (κ1) is 35.2. The molecule has 3 heterocycles. The van der Waals surface area contributed by atoms with Gasteiger partial charge in [0.2, 0.25) is 0 Å². The van der Waals surface area contributed by atoms with Gasteiger partial charge in [0.1, 0.15) is 24.1 Å². The molecule has 0 aliphatic carbocycles. The molecular formula is C36H44N2O10Si. The third kappa shape index (κ3) is 5.97. The van der Waals surface area contributed by atoms with E-state index in [2.05, 4.69) is 37.5 Å². The van der Waals surface area contributed by atoms with Gasteiger partial charge in [-0.15, -0.1) is 0 Å². The lowest BCUT2D eigenvalue weighted by Gasteiger charge is -2.37. The summed E-state index contributed by atoms with van der Waals surface area (Å²) in [6.45, 7) is 6.75. The van der Waals surface area contributed by atoms with Crippen LogP contribution < -0.4 is 20.1 Å². The SMILES string of the molecule is COc1ccc([Si](C)(C)[C@H]2[C@H](CCO)O[C@@]3(C(=O)N(Cc4cccc(NC(=O)[C@H]5O[C@@H](O)[C@H](O)[C@@H](O)[C@@H]5O)c4)c4ccccc43)[C@@H]2C)cc1. The highest BCUT2D eigenvalue weighted by molar-refractivity contribution is 6.91. The number of methoxy groups -OCH3 is 1. The Labute approximate surface area is 285 Å². The summed E-state index contributed by atoms with van der Waals surface area (Å²) in [4.78, 5) is 29.5. The van der Waals surface area contributed by atoms with Crippen molar-refractivity contribution in [1.29, 1.82) is 0 Å². The molecule has 3 aliphatic rings. The maximum Gasteiger partial charge on any atom is 0.264 e. The zero-order valence-corrected chi connectivity index (χ0v) is 28.9. The number of fused-ring (bicyclic) bond motifs is 2. The van der Waals surface area contributed by atoms with E-state index >= 15 is 0 Å². The maximum atomic E-state index is 14.8. The molecule has 1 spiro atoms. The highest BCUT2D eigenvalue weighted by Gasteiger charge is 2.66. The highest BCUT2D eigenvalue weighted by atomic mass is 28.3. The molecule has 2 amide bonds. The van der Waals surface area contributed by atoms with Gasteiger partial charge in [-0.05, 0) is 47.9 Å². The fourth-order valence-electron chi connectivity index (χ4n) is 8.04. The fourth-order valence-corrected chi connectivity index (χ4v) is 12.1. The number of amides is 2. The fraction of sp³-hybridized carbons (Fsp3) is 0.444. The van der Waals surface area contributed by atoms with Crippen LogP contribution in [0.1, 0.15) is 24.5 Å². The largest absolute Gasteiger partial charge is 0.497 e. The predicted octanol–water partition coefficient (Wildman–Crippen LogP) is 1.58. The van der Waals surface area contributed by atoms with Gasteiger partial charge in [0.25, 0.3) is 11.8 Å². The van der Waals surface area contributed by atoms with Gasteiger partial charge in [-0.3, -0.25) is 9.59 Å². The normalized spacial score (nSPS) is 31.2. The Morgan fingerprint density at radius 2 is 1.69 bits per heavy atom. The van der Waals surface area contributed by atoms with E-state index in [0.29, 0.717) is 17.7 Å². The van der Waals surface area contributed by atoms with E-state index in [4.69, 9.17) is 14.2 Å². The van der Waals surface area contributed by atoms with Gasteiger partial charge in [-0.1, -0.05) is 67.7 Å². The second kappa shape index (κ2) is 13.6. The van der Waals surface area contributed by atoms with Crippen LogP contribution in [-0.2, 0) is 31.2 Å². The van der Waals surface area contributed by atoms with E-state index in [0.717, 1.165) is 17.0 Å². The van der Waals surface area contributed by atoms with Crippen LogP contribution in [-0.4, -0.2) is 95.9 Å². The Kier molecular flexibility index (Phi) is 9.74. The van der Waals surface area contributed by atoms with Crippen molar-refractivity contribution in [2.75, 3.05) is 23.9 Å². The number of hydrogen-bond acceptors (Lipinski definition) is 10. The lowest BCUT2D eigenvalue weighted by Crippen LogP contribution is -2.60. The number of anilines is 2. The van der Waals surface area contributed by atoms with Gasteiger partial charge in [0.15, 0.2) is 18.0 Å². The van der Waals surface area contributed by atoms with Crippen LogP contribution in [0.3, 0.4) is 0 Å². The minimum absolute atomic E-state index is 0.000882. The summed E-state index contributed by atoms with van der Waals surface area (Å²) in [6, 6.07) is 22.6. The third-order valence-electron chi connectivity index (χ3n) is 10.5. The number of benzene rings is 3. The Balaban J connectivity index is 1.28. The van der Waals surface area contributed by atoms with Gasteiger partial charge in [-0.25, -0.2) is 0 Å². The van der Waals surface area contributed by atoms with Crippen molar-refractivity contribution in [2.24, 2.45) is 5.92 Å². The molecule has 2 saturated heterocycles. The molecule has 262 valence electrons. The molecule has 9 atom stereocenters. The molecule has 3 aliphatic heterocycles. The van der Waals surface area contributed by atoms with Gasteiger partial charge in [-0.2, -0.15) is 0 Å². The lowest BCUT2D eigenvalue weighted by atomic mass is 9.82. The molecular weight excluding hydrogens is 648 g/mol. The van der Waals surface area contributed by atoms with Crippen molar-refractivity contribution in [3.05, 3.63) is 83.9 Å². The van der Waals surface area contributed by atoms with Crippen LogP contribution >= 0.6 is 0 Å². The molecule has 0 unspecified atom stereocenters. The molecule has 0 radical (unpaired) electrons. The Morgan fingerprint density at radius 3 is 2.39 bits per heavy atom. The molecule has 0 saturated carbocycles. The Morgan fingerprint density at radius 1 is 0.980 bits per heavy atom. The summed E-state index contributed by atoms with van der Waals surface area (Å²) in [6.07, 6.45) is -8.74. The van der Waals surface area contributed by atoms with Crippen LogP contribution in [0.25, 0.3) is 0 Å². The third-order valence-corrected chi connectivity index (χ3v) is 14.9. The molecule has 6 rings (SSSR count). The first-order chi connectivity index (χ1) is 23.3. The summed E-state index contributed by atoms with van der Waals surface area (Å²) in [7, 11) is -0.683. The average molecular weight is 693 g/mol. The molecule has 0 bridgehead atoms. The Bertz CT molecular complexity index is 1690. The number of nitrogens with one attached hydrogen (secondary N) is 1. The van der Waals surface area contributed by atoms with Gasteiger partial charge in [0.05, 0.1) is 33.5 Å². The maximum absolute atomic E-state index is 14.8. The second-order valence-electron chi connectivity index (χ2n) is 13.7. The van der Waals surface area contributed by atoms with Crippen LogP contribution in [0.4, 0.5) is 11.4 Å². The highest BCUT2D eigenvalue weighted by Crippen LogP contribution is 2.60. The first-order valence-electron chi connectivity index (χ1n) is 16.5. The minimum Gasteiger partial charge on any atom is -0.497 e. The van der Waals surface area contributed by atoms with Gasteiger partial charge < -0.3 is 50.0 Å². The second-order valence-corrected chi connectivity index (χ2v) is 18.4. The van der Waals surface area contributed by atoms with Crippen LogP contribution in [0.15, 0.2) is 72.8 Å². The monoisotopic (exact) mass is 692 g/mol. The molecule has 49 heavy (non-hydrogen) atoms. The van der Waals surface area contributed by atoms with Crippen molar-refractivity contribution < 1.29 is 49.3 Å². The van der Waals surface area contributed by atoms with Gasteiger partial charge in [0, 0.05) is 23.8 Å². The van der Waals surface area contributed by atoms with E-state index < -0.39 is 50.3 Å². The van der Waals surface area contributed by atoms with Crippen molar-refractivity contribution >= 4 is 36.4 Å². The van der Waals surface area contributed by atoms with E-state index in [1.165, 1.54) is 5.19 Å². The number of nitrogens with zero attached hydrogens (tertiary/aromatic N) is 1. The molecule has 2 fully saturated rings. The number of ether oxygens (including phenoxy) is 3. The Hall–Kier alpha value is -3.66. The minimum atomic E-state index is -2.32. The van der Waals surface area contributed by atoms with E-state index in [1.807, 2.05) is 42.5 Å². The predicted molar refractivity (Wildman–Crippen MR) is 183 cm³/mol. The summed E-state index contributed by atoms with van der Waals surface area (Å²) >= 11 is 0.